The van der Waals surface area contributed by atoms with Crippen molar-refractivity contribution in [2.24, 2.45) is 0 Å². The molecule has 0 spiro atoms. The molecule has 0 aromatic carbocycles. The summed E-state index contributed by atoms with van der Waals surface area (Å²) < 4.78 is 17.0. The van der Waals surface area contributed by atoms with Crippen molar-refractivity contribution >= 4 is 17.9 Å². The van der Waals surface area contributed by atoms with Gasteiger partial charge < -0.3 is 14.2 Å². The van der Waals surface area contributed by atoms with E-state index in [1.54, 1.807) is 0 Å². The van der Waals surface area contributed by atoms with Crippen LogP contribution in [0.4, 0.5) is 0 Å². The number of hydrogen-bond donors (Lipinski definition) is 0. The normalized spacial score (nSPS) is 12.7. The summed E-state index contributed by atoms with van der Waals surface area (Å²) in [5.74, 6) is -0.892. The minimum Gasteiger partial charge on any atom is -0.462 e. The molecule has 79 heavy (non-hydrogen) atoms. The molecule has 0 aliphatic rings. The first-order valence-corrected chi connectivity index (χ1v) is 33.7. The molecule has 0 rings (SSSR count). The van der Waals surface area contributed by atoms with Gasteiger partial charge in [0.15, 0.2) is 6.10 Å². The quantitative estimate of drug-likeness (QED) is 0.0261. The summed E-state index contributed by atoms with van der Waals surface area (Å²) >= 11 is 0. The van der Waals surface area contributed by atoms with Crippen LogP contribution in [-0.2, 0) is 28.6 Å². The molecule has 0 heterocycles. The van der Waals surface area contributed by atoms with Gasteiger partial charge in [0, 0.05) is 19.3 Å². The van der Waals surface area contributed by atoms with Gasteiger partial charge in [0.05, 0.1) is 0 Å². The fourth-order valence-electron chi connectivity index (χ4n) is 9.50. The zero-order valence-corrected chi connectivity index (χ0v) is 52.1. The topological polar surface area (TPSA) is 78.9 Å². The SMILES string of the molecule is CC/C=C\C/C=C\C/C=C\C/C=C\C/C=C\C/C=C\CCCCCCCCC(=O)OCC(COC(=O)CCCCCCCCC/C=C\CCCCCCCC)OC(=O)CCCCCCCCCCC/C=C\CCCCCCCC. The van der Waals surface area contributed by atoms with Crippen LogP contribution < -0.4 is 0 Å². The Balaban J connectivity index is 4.40. The van der Waals surface area contributed by atoms with Crippen molar-refractivity contribution in [3.05, 3.63) is 97.2 Å². The van der Waals surface area contributed by atoms with Crippen LogP contribution in [0.25, 0.3) is 0 Å². The highest BCUT2D eigenvalue weighted by Crippen LogP contribution is 2.16. The van der Waals surface area contributed by atoms with E-state index in [9.17, 15) is 14.4 Å². The summed E-state index contributed by atoms with van der Waals surface area (Å²) in [6, 6.07) is 0. The minimum absolute atomic E-state index is 0.0840. The number of esters is 3. The number of carbonyl (C=O) groups is 3. The second-order valence-electron chi connectivity index (χ2n) is 22.3. The van der Waals surface area contributed by atoms with Crippen molar-refractivity contribution in [3.63, 3.8) is 0 Å². The van der Waals surface area contributed by atoms with E-state index < -0.39 is 6.10 Å². The van der Waals surface area contributed by atoms with E-state index in [-0.39, 0.29) is 31.1 Å². The standard InChI is InChI=1S/C73H126O6/c1-4-7-10-13-16-19-22-25-28-31-33-34-35-36-37-38-40-42-45-48-51-54-57-60-63-66-72(75)78-69-70(68-77-71(74)65-62-59-56-53-50-47-44-41-30-27-24-21-18-15-12-9-6-3)79-73(76)67-64-61-58-55-52-49-46-43-39-32-29-26-23-20-17-14-11-8-5-2/h7,10,16,19,25-30,33-34,36-37,40,42,70H,4-6,8-9,11-15,17-18,20-24,31-32,35,38-39,41,43-69H2,1-3H3/b10-7-,19-16-,28-25-,29-26-,30-27-,34-33-,37-36-,42-40-. The van der Waals surface area contributed by atoms with E-state index in [1.165, 1.54) is 180 Å². The maximum Gasteiger partial charge on any atom is 0.306 e. The monoisotopic (exact) mass is 1100 g/mol. The fourth-order valence-corrected chi connectivity index (χ4v) is 9.50. The summed E-state index contributed by atoms with van der Waals surface area (Å²) in [5, 5.41) is 0. The van der Waals surface area contributed by atoms with Gasteiger partial charge >= 0.3 is 17.9 Å². The van der Waals surface area contributed by atoms with Crippen LogP contribution in [-0.4, -0.2) is 37.2 Å². The average Bonchev–Trinajstić information content (AvgIpc) is 3.45. The molecule has 6 heteroatoms. The molecule has 0 saturated heterocycles. The Labute approximate surface area is 489 Å². The van der Waals surface area contributed by atoms with Gasteiger partial charge in [-0.25, -0.2) is 0 Å². The van der Waals surface area contributed by atoms with Crippen LogP contribution in [0.2, 0.25) is 0 Å². The number of hydrogen-bond acceptors (Lipinski definition) is 6. The molecule has 0 aliphatic carbocycles. The first kappa shape index (κ1) is 75.3. The second kappa shape index (κ2) is 66.8. The lowest BCUT2D eigenvalue weighted by molar-refractivity contribution is -0.167. The zero-order chi connectivity index (χ0) is 57.1. The minimum atomic E-state index is -0.789. The molecular formula is C73H126O6. The highest BCUT2D eigenvalue weighted by Gasteiger charge is 2.19. The molecule has 0 radical (unpaired) electrons. The van der Waals surface area contributed by atoms with E-state index in [0.717, 1.165) is 109 Å². The molecule has 0 aromatic heterocycles. The maximum absolute atomic E-state index is 12.9. The van der Waals surface area contributed by atoms with Crippen molar-refractivity contribution in [1.29, 1.82) is 0 Å². The predicted octanol–water partition coefficient (Wildman–Crippen LogP) is 23.2. The molecule has 6 nitrogen and oxygen atoms in total. The summed E-state index contributed by atoms with van der Waals surface area (Å²) in [6.45, 7) is 6.54. The Kier molecular flexibility index (Phi) is 63.7. The van der Waals surface area contributed by atoms with Crippen LogP contribution >= 0.6 is 0 Å². The van der Waals surface area contributed by atoms with Gasteiger partial charge in [-0.3, -0.25) is 14.4 Å². The Morgan fingerprint density at radius 1 is 0.266 bits per heavy atom. The lowest BCUT2D eigenvalue weighted by Gasteiger charge is -2.18. The largest absolute Gasteiger partial charge is 0.462 e. The number of carbonyl (C=O) groups excluding carboxylic acids is 3. The Morgan fingerprint density at radius 3 is 0.785 bits per heavy atom. The zero-order valence-electron chi connectivity index (χ0n) is 52.1. The number of allylic oxidation sites excluding steroid dienone is 16. The predicted molar refractivity (Wildman–Crippen MR) is 344 cm³/mol. The molecule has 1 atom stereocenters. The number of rotatable bonds is 61. The van der Waals surface area contributed by atoms with Crippen molar-refractivity contribution in [2.45, 2.75) is 335 Å². The van der Waals surface area contributed by atoms with Gasteiger partial charge in [0.2, 0.25) is 0 Å². The smallest absolute Gasteiger partial charge is 0.306 e. The van der Waals surface area contributed by atoms with Crippen LogP contribution in [0.3, 0.4) is 0 Å². The van der Waals surface area contributed by atoms with Crippen LogP contribution in [0, 0.1) is 0 Å². The fraction of sp³-hybridized carbons (Fsp3) is 0.740. The molecule has 0 fully saturated rings. The Hall–Kier alpha value is -3.67. The molecule has 1 unspecified atom stereocenters. The molecule has 0 saturated carbocycles. The highest BCUT2D eigenvalue weighted by molar-refractivity contribution is 5.71. The third kappa shape index (κ3) is 65.0. The first-order valence-electron chi connectivity index (χ1n) is 33.7. The van der Waals surface area contributed by atoms with Gasteiger partial charge in [0.1, 0.15) is 13.2 Å². The number of unbranched alkanes of at least 4 members (excludes halogenated alkanes) is 34. The van der Waals surface area contributed by atoms with Crippen molar-refractivity contribution in [2.75, 3.05) is 13.2 Å². The second-order valence-corrected chi connectivity index (χ2v) is 22.3. The summed E-state index contributed by atoms with van der Waals surface area (Å²) in [6.07, 6.45) is 89.8. The van der Waals surface area contributed by atoms with Crippen LogP contribution in [0.1, 0.15) is 329 Å². The van der Waals surface area contributed by atoms with Crippen molar-refractivity contribution in [3.8, 4) is 0 Å². The van der Waals surface area contributed by atoms with Crippen LogP contribution in [0.5, 0.6) is 0 Å². The maximum atomic E-state index is 12.9. The summed E-state index contributed by atoms with van der Waals surface area (Å²) in [4.78, 5) is 38.4. The van der Waals surface area contributed by atoms with E-state index in [2.05, 4.69) is 118 Å². The van der Waals surface area contributed by atoms with Gasteiger partial charge in [-0.1, -0.05) is 285 Å². The van der Waals surface area contributed by atoms with Gasteiger partial charge in [-0.2, -0.15) is 0 Å². The molecule has 0 aromatic rings. The Bertz CT molecular complexity index is 1540. The summed E-state index contributed by atoms with van der Waals surface area (Å²) in [7, 11) is 0. The van der Waals surface area contributed by atoms with Crippen LogP contribution in [0.15, 0.2) is 97.2 Å². The van der Waals surface area contributed by atoms with E-state index in [1.807, 2.05) is 0 Å². The van der Waals surface area contributed by atoms with Gasteiger partial charge in [-0.05, 0) is 122 Å². The van der Waals surface area contributed by atoms with Gasteiger partial charge in [0.25, 0.3) is 0 Å². The third-order valence-electron chi connectivity index (χ3n) is 14.5. The number of ether oxygens (including phenoxy) is 3. The molecule has 0 N–H and O–H groups in total. The van der Waals surface area contributed by atoms with Gasteiger partial charge in [-0.15, -0.1) is 0 Å². The van der Waals surface area contributed by atoms with E-state index in [0.29, 0.717) is 19.3 Å². The molecule has 0 amide bonds. The first-order chi connectivity index (χ1) is 39.0. The Morgan fingerprint density at radius 2 is 0.494 bits per heavy atom. The third-order valence-corrected chi connectivity index (χ3v) is 14.5. The molecule has 0 bridgehead atoms. The van der Waals surface area contributed by atoms with E-state index >= 15 is 0 Å². The molecule has 0 aliphatic heterocycles. The van der Waals surface area contributed by atoms with E-state index in [4.69, 9.17) is 14.2 Å². The lowest BCUT2D eigenvalue weighted by atomic mass is 10.1. The molecular weight excluding hydrogens is 973 g/mol. The van der Waals surface area contributed by atoms with Crippen molar-refractivity contribution < 1.29 is 28.6 Å². The van der Waals surface area contributed by atoms with Crippen molar-refractivity contribution in [1.82, 2.24) is 0 Å². The summed E-state index contributed by atoms with van der Waals surface area (Å²) in [5.41, 5.74) is 0. The average molecular weight is 1100 g/mol. The molecule has 454 valence electrons. The highest BCUT2D eigenvalue weighted by atomic mass is 16.6. The lowest BCUT2D eigenvalue weighted by Crippen LogP contribution is -2.30.